The molecule has 0 bridgehead atoms. The van der Waals surface area contributed by atoms with Crippen LogP contribution in [0.3, 0.4) is 0 Å². The van der Waals surface area contributed by atoms with Crippen LogP contribution in [0.4, 0.5) is 0 Å². The standard InChI is InChI=1S/C4H5ClO/c1-3(2)4(5)6/h1H2,2H3/i4-1. The maximum atomic E-state index is 9.81. The number of rotatable bonds is 1. The number of hydrogen-bond donors (Lipinski definition) is 0. The van der Waals surface area contributed by atoms with Crippen molar-refractivity contribution in [2.75, 3.05) is 0 Å². The summed E-state index contributed by atoms with van der Waals surface area (Å²) in [5, 5.41) is -0.463. The molecule has 0 saturated carbocycles. The summed E-state index contributed by atoms with van der Waals surface area (Å²) in [6.07, 6.45) is 0. The molecule has 0 aromatic rings. The molecule has 34 valence electrons. The average Bonchev–Trinajstić information content (AvgIpc) is 1.36. The molecule has 0 aliphatic carbocycles. The van der Waals surface area contributed by atoms with Crippen LogP contribution in [0.15, 0.2) is 12.2 Å². The van der Waals surface area contributed by atoms with E-state index in [2.05, 4.69) is 6.58 Å². The monoisotopic (exact) mass is 103 g/mol. The summed E-state index contributed by atoms with van der Waals surface area (Å²) in [7, 11) is 0. The molecule has 0 radical (unpaired) electrons. The summed E-state index contributed by atoms with van der Waals surface area (Å²) in [4.78, 5) is 9.81. The van der Waals surface area contributed by atoms with E-state index in [9.17, 15) is 4.79 Å². The molecule has 2 heteroatoms. The molecule has 0 spiro atoms. The largest absolute Gasteiger partial charge is 0.276 e. The number of carbonyl (C=O) groups is 1. The van der Waals surface area contributed by atoms with Crippen molar-refractivity contribution in [1.29, 1.82) is 0 Å². The van der Waals surface area contributed by atoms with Gasteiger partial charge in [-0.15, -0.1) is 0 Å². The minimum Gasteiger partial charge on any atom is -0.276 e. The van der Waals surface area contributed by atoms with Gasteiger partial charge in [-0.1, -0.05) is 6.58 Å². The van der Waals surface area contributed by atoms with Gasteiger partial charge < -0.3 is 0 Å². The molecule has 0 fully saturated rings. The number of carbonyl (C=O) groups excluding carboxylic acids is 1. The Balaban J connectivity index is 3.57. The lowest BCUT2D eigenvalue weighted by atomic mass is 10.1. The fourth-order valence-electron chi connectivity index (χ4n) is 0. The first-order chi connectivity index (χ1) is 2.64. The average molecular weight is 104 g/mol. The highest BCUT2D eigenvalue weighted by molar-refractivity contribution is 6.67. The highest BCUT2D eigenvalue weighted by Crippen LogP contribution is 1.91. The maximum absolute atomic E-state index is 9.81. The summed E-state index contributed by atoms with van der Waals surface area (Å²) < 4.78 is 0. The third-order valence-corrected chi connectivity index (χ3v) is 0.658. The molecule has 0 N–H and O–H groups in total. The van der Waals surface area contributed by atoms with Crippen molar-refractivity contribution in [2.24, 2.45) is 0 Å². The van der Waals surface area contributed by atoms with Crippen molar-refractivity contribution in [3.8, 4) is 0 Å². The zero-order chi connectivity index (χ0) is 5.15. The van der Waals surface area contributed by atoms with Crippen molar-refractivity contribution in [1.82, 2.24) is 0 Å². The molecule has 0 aliphatic heterocycles. The van der Waals surface area contributed by atoms with Gasteiger partial charge in [0.15, 0.2) is 0 Å². The smallest absolute Gasteiger partial charge is 0.247 e. The Kier molecular flexibility index (Phi) is 1.88. The molecule has 0 rings (SSSR count). The van der Waals surface area contributed by atoms with Gasteiger partial charge in [0.1, 0.15) is 0 Å². The van der Waals surface area contributed by atoms with E-state index in [0.29, 0.717) is 5.57 Å². The lowest BCUT2D eigenvalue weighted by molar-refractivity contribution is -0.108. The van der Waals surface area contributed by atoms with E-state index in [1.165, 1.54) is 0 Å². The molecule has 6 heavy (non-hydrogen) atoms. The minimum atomic E-state index is -0.463. The molecule has 0 atom stereocenters. The van der Waals surface area contributed by atoms with Crippen molar-refractivity contribution < 1.29 is 4.79 Å². The molecular weight excluding hydrogens is 98.5 g/mol. The van der Waals surface area contributed by atoms with Crippen LogP contribution in [0, 0.1) is 0 Å². The van der Waals surface area contributed by atoms with Gasteiger partial charge in [0.2, 0.25) is 5.24 Å². The van der Waals surface area contributed by atoms with Crippen molar-refractivity contribution in [3.63, 3.8) is 0 Å². The quantitative estimate of drug-likeness (QED) is 0.362. The number of hydrogen-bond acceptors (Lipinski definition) is 1. The van der Waals surface area contributed by atoms with Gasteiger partial charge in [-0.25, -0.2) is 0 Å². The lowest BCUT2D eigenvalue weighted by Crippen LogP contribution is -1.81. The van der Waals surface area contributed by atoms with Gasteiger partial charge in [-0.2, -0.15) is 0 Å². The Hall–Kier alpha value is -0.300. The molecule has 1 nitrogen and oxygen atoms in total. The number of halogens is 1. The first kappa shape index (κ1) is 5.70. The molecule has 0 aromatic carbocycles. The molecule has 0 heterocycles. The first-order valence-electron chi connectivity index (χ1n) is 1.50. The second kappa shape index (κ2) is 1.98. The predicted octanol–water partition coefficient (Wildman–Crippen LogP) is 1.33. The molecular formula is C4H5ClO. The van der Waals surface area contributed by atoms with Crippen molar-refractivity contribution in [3.05, 3.63) is 12.2 Å². The van der Waals surface area contributed by atoms with Crippen LogP contribution in [0.5, 0.6) is 0 Å². The Labute approximate surface area is 41.6 Å². The van der Waals surface area contributed by atoms with Crippen LogP contribution < -0.4 is 0 Å². The second-order valence-corrected chi connectivity index (χ2v) is 1.40. The highest BCUT2D eigenvalue weighted by Gasteiger charge is 1.89. The Morgan fingerprint density at radius 3 is 2.00 bits per heavy atom. The van der Waals surface area contributed by atoms with Gasteiger partial charge in [0.25, 0.3) is 0 Å². The van der Waals surface area contributed by atoms with E-state index in [0.717, 1.165) is 0 Å². The molecule has 0 unspecified atom stereocenters. The zero-order valence-corrected chi connectivity index (χ0v) is 4.25. The summed E-state index contributed by atoms with van der Waals surface area (Å²) in [5.41, 5.74) is 0.386. The van der Waals surface area contributed by atoms with Gasteiger partial charge in [-0.3, -0.25) is 4.79 Å². The van der Waals surface area contributed by atoms with Gasteiger partial charge in [-0.05, 0) is 18.5 Å². The third kappa shape index (κ3) is 1.97. The van der Waals surface area contributed by atoms with Crippen LogP contribution in [0.1, 0.15) is 6.92 Å². The van der Waals surface area contributed by atoms with Crippen LogP contribution in [0.25, 0.3) is 0 Å². The SMILES string of the molecule is C=C(C)[11C](=O)Cl. The highest BCUT2D eigenvalue weighted by atomic mass is 35.5. The lowest BCUT2D eigenvalue weighted by Gasteiger charge is -1.77. The molecule has 0 amide bonds. The summed E-state index contributed by atoms with van der Waals surface area (Å²) in [5.74, 6) is 0. The number of allylic oxidation sites excluding steroid dienone is 1. The molecule has 0 saturated heterocycles. The topological polar surface area (TPSA) is 17.1 Å². The fourth-order valence-corrected chi connectivity index (χ4v) is 0. The van der Waals surface area contributed by atoms with E-state index in [1.54, 1.807) is 6.92 Å². The molecule has 0 aromatic heterocycles. The Morgan fingerprint density at radius 1 is 1.83 bits per heavy atom. The predicted molar refractivity (Wildman–Crippen MR) is 25.7 cm³/mol. The summed E-state index contributed by atoms with van der Waals surface area (Å²) >= 11 is 4.87. The van der Waals surface area contributed by atoms with Crippen molar-refractivity contribution >= 4 is 16.8 Å². The fraction of sp³-hybridized carbons (Fsp3) is 0.250. The van der Waals surface area contributed by atoms with E-state index in [-0.39, 0.29) is 0 Å². The van der Waals surface area contributed by atoms with Crippen LogP contribution >= 0.6 is 11.6 Å². The van der Waals surface area contributed by atoms with Crippen LogP contribution in [0.2, 0.25) is 0 Å². The van der Waals surface area contributed by atoms with E-state index in [4.69, 9.17) is 11.6 Å². The first-order valence-corrected chi connectivity index (χ1v) is 1.87. The van der Waals surface area contributed by atoms with Crippen LogP contribution in [-0.2, 0) is 4.79 Å². The van der Waals surface area contributed by atoms with E-state index < -0.39 is 5.24 Å². The van der Waals surface area contributed by atoms with Gasteiger partial charge >= 0.3 is 0 Å². The minimum absolute atomic E-state index is 0.386. The van der Waals surface area contributed by atoms with E-state index in [1.807, 2.05) is 0 Å². The van der Waals surface area contributed by atoms with Gasteiger partial charge in [0.05, 0.1) is 0 Å². The Bertz CT molecular complexity index is 73.5. The third-order valence-electron chi connectivity index (χ3n) is 0.336. The zero-order valence-electron chi connectivity index (χ0n) is 3.49. The molecule has 0 aliphatic rings. The maximum Gasteiger partial charge on any atom is 0.247 e. The summed E-state index contributed by atoms with van der Waals surface area (Å²) in [6.45, 7) is 4.84. The normalized spacial score (nSPS) is 7.67. The van der Waals surface area contributed by atoms with E-state index >= 15 is 0 Å². The van der Waals surface area contributed by atoms with Crippen molar-refractivity contribution in [2.45, 2.75) is 6.92 Å². The van der Waals surface area contributed by atoms with Gasteiger partial charge in [0, 0.05) is 5.57 Å². The Morgan fingerprint density at radius 2 is 2.00 bits per heavy atom. The second-order valence-electron chi connectivity index (χ2n) is 1.05. The summed E-state index contributed by atoms with van der Waals surface area (Å²) in [6, 6.07) is 0. The van der Waals surface area contributed by atoms with Crippen LogP contribution in [-0.4, -0.2) is 5.24 Å².